The highest BCUT2D eigenvalue weighted by molar-refractivity contribution is 5.92. The molecular weight excluding hydrogens is 340 g/mol. The summed E-state index contributed by atoms with van der Waals surface area (Å²) in [5.41, 5.74) is 2.26. The van der Waals surface area contributed by atoms with E-state index in [2.05, 4.69) is 34.5 Å². The lowest BCUT2D eigenvalue weighted by Gasteiger charge is -2.32. The Balaban J connectivity index is 1.23. The Morgan fingerprint density at radius 2 is 1.85 bits per heavy atom. The van der Waals surface area contributed by atoms with Gasteiger partial charge < -0.3 is 14.8 Å². The number of piperidine rings is 1. The van der Waals surface area contributed by atoms with Crippen LogP contribution in [0.5, 0.6) is 11.5 Å². The number of nitrogens with zero attached hydrogens (tertiary/aromatic N) is 1. The third-order valence-corrected chi connectivity index (χ3v) is 5.01. The standard InChI is InChI=1S/C22H24N2O3/c25-22(9-7-17-6-8-20-21(14-17)27-16-26-20)23-19-10-12-24(13-11-19)15-18-4-2-1-3-5-18/h1-9,14,19H,10-13,15-16H2,(H,23,25)/b9-7+. The summed E-state index contributed by atoms with van der Waals surface area (Å²) in [6, 6.07) is 16.4. The number of rotatable bonds is 5. The van der Waals surface area contributed by atoms with Crippen molar-refractivity contribution in [3.05, 3.63) is 65.7 Å². The van der Waals surface area contributed by atoms with Gasteiger partial charge in [0.1, 0.15) is 0 Å². The number of likely N-dealkylation sites (tertiary alicyclic amines) is 1. The van der Waals surface area contributed by atoms with Crippen LogP contribution in [-0.2, 0) is 11.3 Å². The molecule has 0 atom stereocenters. The van der Waals surface area contributed by atoms with Crippen LogP contribution in [0.3, 0.4) is 0 Å². The number of hydrogen-bond acceptors (Lipinski definition) is 4. The van der Waals surface area contributed by atoms with Gasteiger partial charge in [-0.3, -0.25) is 9.69 Å². The fourth-order valence-corrected chi connectivity index (χ4v) is 3.52. The van der Waals surface area contributed by atoms with E-state index in [1.165, 1.54) is 5.56 Å². The van der Waals surface area contributed by atoms with Crippen molar-refractivity contribution in [1.82, 2.24) is 10.2 Å². The molecule has 140 valence electrons. The molecule has 2 heterocycles. The van der Waals surface area contributed by atoms with Gasteiger partial charge in [-0.2, -0.15) is 0 Å². The van der Waals surface area contributed by atoms with E-state index in [1.54, 1.807) is 6.08 Å². The smallest absolute Gasteiger partial charge is 0.244 e. The molecule has 1 amide bonds. The minimum Gasteiger partial charge on any atom is -0.454 e. The molecule has 2 aliphatic heterocycles. The zero-order valence-electron chi connectivity index (χ0n) is 15.3. The van der Waals surface area contributed by atoms with Gasteiger partial charge in [0.2, 0.25) is 12.7 Å². The summed E-state index contributed by atoms with van der Waals surface area (Å²) in [4.78, 5) is 14.7. The molecule has 0 radical (unpaired) electrons. The van der Waals surface area contributed by atoms with E-state index >= 15 is 0 Å². The van der Waals surface area contributed by atoms with E-state index < -0.39 is 0 Å². The molecule has 0 spiro atoms. The molecular formula is C22H24N2O3. The minimum atomic E-state index is -0.0471. The Bertz CT molecular complexity index is 812. The Labute approximate surface area is 159 Å². The lowest BCUT2D eigenvalue weighted by molar-refractivity contribution is -0.117. The van der Waals surface area contributed by atoms with Gasteiger partial charge in [0, 0.05) is 31.8 Å². The van der Waals surface area contributed by atoms with Gasteiger partial charge in [0.25, 0.3) is 0 Å². The second kappa shape index (κ2) is 8.27. The molecule has 2 aliphatic rings. The lowest BCUT2D eigenvalue weighted by atomic mass is 10.0. The van der Waals surface area contributed by atoms with E-state index in [1.807, 2.05) is 30.3 Å². The van der Waals surface area contributed by atoms with E-state index in [4.69, 9.17) is 9.47 Å². The molecule has 1 fully saturated rings. The molecule has 2 aromatic rings. The van der Waals surface area contributed by atoms with Crippen molar-refractivity contribution >= 4 is 12.0 Å². The van der Waals surface area contributed by atoms with Crippen molar-refractivity contribution < 1.29 is 14.3 Å². The van der Waals surface area contributed by atoms with Crippen molar-refractivity contribution in [3.8, 4) is 11.5 Å². The van der Waals surface area contributed by atoms with Crippen molar-refractivity contribution in [2.45, 2.75) is 25.4 Å². The monoisotopic (exact) mass is 364 g/mol. The summed E-state index contributed by atoms with van der Waals surface area (Å²) in [5.74, 6) is 1.43. The first-order valence-corrected chi connectivity index (χ1v) is 9.41. The Morgan fingerprint density at radius 1 is 1.07 bits per heavy atom. The SMILES string of the molecule is O=C(/C=C/c1ccc2c(c1)OCO2)NC1CCN(Cc2ccccc2)CC1. The van der Waals surface area contributed by atoms with Crippen LogP contribution in [0.25, 0.3) is 6.08 Å². The number of nitrogens with one attached hydrogen (secondary N) is 1. The fourth-order valence-electron chi connectivity index (χ4n) is 3.52. The normalized spacial score (nSPS) is 17.3. The molecule has 27 heavy (non-hydrogen) atoms. The molecule has 0 bridgehead atoms. The minimum absolute atomic E-state index is 0.0471. The first kappa shape index (κ1) is 17.6. The summed E-state index contributed by atoms with van der Waals surface area (Å²) in [6.07, 6.45) is 5.36. The summed E-state index contributed by atoms with van der Waals surface area (Å²) < 4.78 is 10.7. The third kappa shape index (κ3) is 4.68. The van der Waals surface area contributed by atoms with E-state index in [-0.39, 0.29) is 18.7 Å². The van der Waals surface area contributed by atoms with Crippen LogP contribution in [-0.4, -0.2) is 36.7 Å². The van der Waals surface area contributed by atoms with E-state index in [0.717, 1.165) is 49.5 Å². The highest BCUT2D eigenvalue weighted by atomic mass is 16.7. The summed E-state index contributed by atoms with van der Waals surface area (Å²) in [6.45, 7) is 3.24. The molecule has 5 heteroatoms. The Hall–Kier alpha value is -2.79. The lowest BCUT2D eigenvalue weighted by Crippen LogP contribution is -2.43. The van der Waals surface area contributed by atoms with Gasteiger partial charge in [-0.1, -0.05) is 36.4 Å². The Kier molecular flexibility index (Phi) is 5.39. The molecule has 0 aromatic heterocycles. The molecule has 0 saturated carbocycles. The van der Waals surface area contributed by atoms with Crippen LogP contribution < -0.4 is 14.8 Å². The molecule has 4 rings (SSSR count). The maximum Gasteiger partial charge on any atom is 0.244 e. The van der Waals surface area contributed by atoms with Crippen molar-refractivity contribution in [1.29, 1.82) is 0 Å². The van der Waals surface area contributed by atoms with Crippen LogP contribution in [0.4, 0.5) is 0 Å². The van der Waals surface area contributed by atoms with Gasteiger partial charge in [-0.15, -0.1) is 0 Å². The maximum absolute atomic E-state index is 12.2. The molecule has 5 nitrogen and oxygen atoms in total. The predicted molar refractivity (Wildman–Crippen MR) is 104 cm³/mol. The molecule has 1 saturated heterocycles. The average molecular weight is 364 g/mol. The van der Waals surface area contributed by atoms with Gasteiger partial charge in [0.15, 0.2) is 11.5 Å². The summed E-state index contributed by atoms with van der Waals surface area (Å²) >= 11 is 0. The summed E-state index contributed by atoms with van der Waals surface area (Å²) in [7, 11) is 0. The quantitative estimate of drug-likeness (QED) is 0.828. The van der Waals surface area contributed by atoms with E-state index in [0.29, 0.717) is 0 Å². The zero-order chi connectivity index (χ0) is 18.5. The first-order valence-electron chi connectivity index (χ1n) is 9.41. The number of fused-ring (bicyclic) bond motifs is 1. The second-order valence-electron chi connectivity index (χ2n) is 6.99. The van der Waals surface area contributed by atoms with Crippen molar-refractivity contribution in [3.63, 3.8) is 0 Å². The van der Waals surface area contributed by atoms with Crippen LogP contribution >= 0.6 is 0 Å². The zero-order valence-corrected chi connectivity index (χ0v) is 15.3. The second-order valence-corrected chi connectivity index (χ2v) is 6.99. The highest BCUT2D eigenvalue weighted by Gasteiger charge is 2.20. The van der Waals surface area contributed by atoms with Crippen LogP contribution in [0.2, 0.25) is 0 Å². The number of amides is 1. The third-order valence-electron chi connectivity index (χ3n) is 5.01. The highest BCUT2D eigenvalue weighted by Crippen LogP contribution is 2.32. The Morgan fingerprint density at radius 3 is 2.67 bits per heavy atom. The van der Waals surface area contributed by atoms with Gasteiger partial charge >= 0.3 is 0 Å². The number of carbonyl (C=O) groups is 1. The van der Waals surface area contributed by atoms with E-state index in [9.17, 15) is 4.79 Å². The van der Waals surface area contributed by atoms with Crippen molar-refractivity contribution in [2.24, 2.45) is 0 Å². The number of hydrogen-bond donors (Lipinski definition) is 1. The predicted octanol–water partition coefficient (Wildman–Crippen LogP) is 3.21. The average Bonchev–Trinajstić information content (AvgIpc) is 3.17. The largest absolute Gasteiger partial charge is 0.454 e. The van der Waals surface area contributed by atoms with Crippen LogP contribution in [0, 0.1) is 0 Å². The van der Waals surface area contributed by atoms with Crippen molar-refractivity contribution in [2.75, 3.05) is 19.9 Å². The number of ether oxygens (including phenoxy) is 2. The van der Waals surface area contributed by atoms with Gasteiger partial charge in [-0.25, -0.2) is 0 Å². The van der Waals surface area contributed by atoms with Crippen LogP contribution in [0.1, 0.15) is 24.0 Å². The van der Waals surface area contributed by atoms with Gasteiger partial charge in [-0.05, 0) is 42.2 Å². The molecule has 0 unspecified atom stereocenters. The fraction of sp³-hybridized carbons (Fsp3) is 0.318. The van der Waals surface area contributed by atoms with Crippen LogP contribution in [0.15, 0.2) is 54.6 Å². The molecule has 1 N–H and O–H groups in total. The van der Waals surface area contributed by atoms with Gasteiger partial charge in [0.05, 0.1) is 0 Å². The molecule has 2 aromatic carbocycles. The number of benzene rings is 2. The summed E-state index contributed by atoms with van der Waals surface area (Å²) in [5, 5.41) is 3.12. The number of carbonyl (C=O) groups excluding carboxylic acids is 1. The molecule has 0 aliphatic carbocycles. The first-order chi connectivity index (χ1) is 13.3. The maximum atomic E-state index is 12.2. The topological polar surface area (TPSA) is 50.8 Å².